The summed E-state index contributed by atoms with van der Waals surface area (Å²) in [5, 5.41) is 2.90. The van der Waals surface area contributed by atoms with E-state index in [4.69, 9.17) is 4.74 Å². The maximum atomic E-state index is 12.7. The largest absolute Gasteiger partial charge is 0.480 e. The van der Waals surface area contributed by atoms with Crippen molar-refractivity contribution >= 4 is 17.5 Å². The molecular weight excluding hydrogens is 364 g/mol. The molecule has 29 heavy (non-hydrogen) atoms. The molecule has 2 aromatic rings. The van der Waals surface area contributed by atoms with Crippen LogP contribution >= 0.6 is 0 Å². The molecule has 0 saturated carbocycles. The molecule has 5 nitrogen and oxygen atoms in total. The fraction of sp³-hybridized carbons (Fsp3) is 0.417. The van der Waals surface area contributed by atoms with E-state index in [1.54, 1.807) is 24.3 Å². The van der Waals surface area contributed by atoms with E-state index < -0.39 is 6.10 Å². The molecule has 0 bridgehead atoms. The number of aryl methyl sites for hydroxylation is 1. The lowest BCUT2D eigenvalue weighted by Crippen LogP contribution is -2.33. The Bertz CT molecular complexity index is 824. The number of ether oxygens (including phenoxy) is 1. The molecule has 1 aliphatic heterocycles. The predicted molar refractivity (Wildman–Crippen MR) is 115 cm³/mol. The van der Waals surface area contributed by atoms with E-state index in [0.29, 0.717) is 23.4 Å². The van der Waals surface area contributed by atoms with E-state index in [0.717, 1.165) is 31.5 Å². The van der Waals surface area contributed by atoms with Crippen molar-refractivity contribution in [1.82, 2.24) is 4.90 Å². The number of carbonyl (C=O) groups is 2. The topological polar surface area (TPSA) is 58.6 Å². The summed E-state index contributed by atoms with van der Waals surface area (Å²) in [4.78, 5) is 27.3. The minimum absolute atomic E-state index is 0.0686. The predicted octanol–water partition coefficient (Wildman–Crippen LogP) is 4.81. The molecule has 2 aromatic carbocycles. The summed E-state index contributed by atoms with van der Waals surface area (Å²) in [7, 11) is 0. The van der Waals surface area contributed by atoms with Gasteiger partial charge in [-0.3, -0.25) is 9.59 Å². The number of hydrogen-bond donors (Lipinski definition) is 1. The first kappa shape index (κ1) is 20.9. The molecular formula is C24H30N2O3. The molecule has 3 rings (SSSR count). The zero-order chi connectivity index (χ0) is 20.6. The molecule has 0 aromatic heterocycles. The fourth-order valence-corrected chi connectivity index (χ4v) is 3.54. The molecule has 1 heterocycles. The van der Waals surface area contributed by atoms with E-state index in [-0.39, 0.29) is 11.8 Å². The Balaban J connectivity index is 1.61. The number of para-hydroxylation sites is 1. The van der Waals surface area contributed by atoms with Crippen molar-refractivity contribution in [2.24, 2.45) is 0 Å². The van der Waals surface area contributed by atoms with Gasteiger partial charge in [-0.2, -0.15) is 0 Å². The van der Waals surface area contributed by atoms with Gasteiger partial charge < -0.3 is 15.0 Å². The van der Waals surface area contributed by atoms with Gasteiger partial charge in [-0.15, -0.1) is 0 Å². The van der Waals surface area contributed by atoms with Crippen LogP contribution in [-0.4, -0.2) is 35.9 Å². The maximum absolute atomic E-state index is 12.7. The van der Waals surface area contributed by atoms with Crippen molar-refractivity contribution in [3.8, 4) is 5.75 Å². The van der Waals surface area contributed by atoms with Crippen molar-refractivity contribution < 1.29 is 14.3 Å². The minimum Gasteiger partial charge on any atom is -0.480 e. The third kappa shape index (κ3) is 5.59. The third-order valence-corrected chi connectivity index (χ3v) is 5.32. The summed E-state index contributed by atoms with van der Waals surface area (Å²) in [6.07, 6.45) is 4.51. The van der Waals surface area contributed by atoms with Gasteiger partial charge in [-0.25, -0.2) is 0 Å². The first-order valence-electron chi connectivity index (χ1n) is 10.5. The van der Waals surface area contributed by atoms with Gasteiger partial charge in [-0.1, -0.05) is 38.0 Å². The molecule has 154 valence electrons. The van der Waals surface area contributed by atoms with Gasteiger partial charge in [-0.05, 0) is 62.1 Å². The zero-order valence-corrected chi connectivity index (χ0v) is 17.3. The average molecular weight is 395 g/mol. The highest BCUT2D eigenvalue weighted by Gasteiger charge is 2.20. The van der Waals surface area contributed by atoms with Gasteiger partial charge >= 0.3 is 0 Å². The highest BCUT2D eigenvalue weighted by atomic mass is 16.5. The van der Waals surface area contributed by atoms with E-state index >= 15 is 0 Å². The molecule has 0 radical (unpaired) electrons. The van der Waals surface area contributed by atoms with Crippen LogP contribution in [-0.2, 0) is 4.79 Å². The molecule has 1 unspecified atom stereocenters. The van der Waals surface area contributed by atoms with Crippen molar-refractivity contribution in [1.29, 1.82) is 0 Å². The van der Waals surface area contributed by atoms with Crippen LogP contribution in [0.2, 0.25) is 0 Å². The van der Waals surface area contributed by atoms with E-state index in [1.807, 2.05) is 43.0 Å². The summed E-state index contributed by atoms with van der Waals surface area (Å²) in [6.45, 7) is 5.53. The second-order valence-electron chi connectivity index (χ2n) is 7.55. The van der Waals surface area contributed by atoms with Crippen LogP contribution < -0.4 is 10.1 Å². The Morgan fingerprint density at radius 1 is 1.00 bits per heavy atom. The molecule has 1 fully saturated rings. The smallest absolute Gasteiger partial charge is 0.265 e. The first-order chi connectivity index (χ1) is 14.1. The first-order valence-corrected chi connectivity index (χ1v) is 10.5. The third-order valence-electron chi connectivity index (χ3n) is 5.32. The number of nitrogens with zero attached hydrogens (tertiary/aromatic N) is 1. The standard InChI is InChI=1S/C24H30N2O3/c1-3-21(29-22-11-7-6-10-18(22)2)23(27)25-20-14-12-19(13-15-20)24(28)26-16-8-4-5-9-17-26/h6-7,10-15,21H,3-5,8-9,16-17H2,1-2H3,(H,25,27). The Morgan fingerprint density at radius 3 is 2.28 bits per heavy atom. The van der Waals surface area contributed by atoms with Crippen LogP contribution in [0.1, 0.15) is 54.9 Å². The molecule has 1 aliphatic rings. The summed E-state index contributed by atoms with van der Waals surface area (Å²) in [5.41, 5.74) is 2.32. The van der Waals surface area contributed by atoms with Crippen LogP contribution in [0.5, 0.6) is 5.75 Å². The maximum Gasteiger partial charge on any atom is 0.265 e. The van der Waals surface area contributed by atoms with Crippen molar-refractivity contribution in [2.45, 2.75) is 52.1 Å². The van der Waals surface area contributed by atoms with Crippen LogP contribution in [0.3, 0.4) is 0 Å². The van der Waals surface area contributed by atoms with E-state index in [1.165, 1.54) is 12.8 Å². The molecule has 0 spiro atoms. The normalized spacial score (nSPS) is 15.3. The molecule has 2 amide bonds. The molecule has 1 N–H and O–H groups in total. The molecule has 1 atom stereocenters. The Kier molecular flexibility index (Phi) is 7.28. The number of nitrogens with one attached hydrogen (secondary N) is 1. The molecule has 0 aliphatic carbocycles. The lowest BCUT2D eigenvalue weighted by atomic mass is 10.1. The number of anilines is 1. The highest BCUT2D eigenvalue weighted by Crippen LogP contribution is 2.20. The van der Waals surface area contributed by atoms with Crippen LogP contribution in [0.15, 0.2) is 48.5 Å². The number of likely N-dealkylation sites (tertiary alicyclic amines) is 1. The SMILES string of the molecule is CCC(Oc1ccccc1C)C(=O)Nc1ccc(C(=O)N2CCCCCC2)cc1. The number of carbonyl (C=O) groups excluding carboxylic acids is 2. The Labute approximate surface area is 173 Å². The van der Waals surface area contributed by atoms with Gasteiger partial charge in [0.05, 0.1) is 0 Å². The lowest BCUT2D eigenvalue weighted by molar-refractivity contribution is -0.122. The van der Waals surface area contributed by atoms with Gasteiger partial charge in [0.2, 0.25) is 0 Å². The highest BCUT2D eigenvalue weighted by molar-refractivity contribution is 5.97. The summed E-state index contributed by atoms with van der Waals surface area (Å²) < 4.78 is 5.91. The number of benzene rings is 2. The Hall–Kier alpha value is -2.82. The fourth-order valence-electron chi connectivity index (χ4n) is 3.54. The summed E-state index contributed by atoms with van der Waals surface area (Å²) in [5.74, 6) is 0.592. The van der Waals surface area contributed by atoms with Crippen LogP contribution in [0.4, 0.5) is 5.69 Å². The van der Waals surface area contributed by atoms with Crippen molar-refractivity contribution in [3.05, 3.63) is 59.7 Å². The second-order valence-corrected chi connectivity index (χ2v) is 7.55. The van der Waals surface area contributed by atoms with Crippen LogP contribution in [0.25, 0.3) is 0 Å². The van der Waals surface area contributed by atoms with Crippen molar-refractivity contribution in [3.63, 3.8) is 0 Å². The van der Waals surface area contributed by atoms with Gasteiger partial charge in [0.15, 0.2) is 6.10 Å². The zero-order valence-electron chi connectivity index (χ0n) is 17.3. The second kappa shape index (κ2) is 10.1. The monoisotopic (exact) mass is 394 g/mol. The van der Waals surface area contributed by atoms with Crippen molar-refractivity contribution in [2.75, 3.05) is 18.4 Å². The van der Waals surface area contributed by atoms with E-state index in [9.17, 15) is 9.59 Å². The number of hydrogen-bond acceptors (Lipinski definition) is 3. The summed E-state index contributed by atoms with van der Waals surface area (Å²) in [6, 6.07) is 14.8. The lowest BCUT2D eigenvalue weighted by Gasteiger charge is -2.21. The van der Waals surface area contributed by atoms with Gasteiger partial charge in [0.25, 0.3) is 11.8 Å². The number of rotatable bonds is 6. The van der Waals surface area contributed by atoms with Crippen LogP contribution in [0, 0.1) is 6.92 Å². The van der Waals surface area contributed by atoms with E-state index in [2.05, 4.69) is 5.32 Å². The molecule has 5 heteroatoms. The quantitative estimate of drug-likeness (QED) is 0.765. The minimum atomic E-state index is -0.575. The number of amides is 2. The molecule has 1 saturated heterocycles. The Morgan fingerprint density at radius 2 is 1.66 bits per heavy atom. The average Bonchev–Trinajstić information content (AvgIpc) is 3.02. The van der Waals surface area contributed by atoms with Gasteiger partial charge in [0.1, 0.15) is 5.75 Å². The van der Waals surface area contributed by atoms with Gasteiger partial charge in [0, 0.05) is 24.3 Å². The summed E-state index contributed by atoms with van der Waals surface area (Å²) >= 11 is 0.